The van der Waals surface area contributed by atoms with Gasteiger partial charge in [-0.05, 0) is 25.0 Å². The first kappa shape index (κ1) is 11.7. The van der Waals surface area contributed by atoms with Crippen molar-refractivity contribution in [3.8, 4) is 5.75 Å². The standard InChI is InChI=1S/C12H16N2O3/c13-8-3-4-10(12(14)15)11(6-8)17-9-2-1-5-16-7-9/h3-4,6,9H,1-2,5,7,13H2,(H2,14,15). The van der Waals surface area contributed by atoms with Gasteiger partial charge >= 0.3 is 0 Å². The highest BCUT2D eigenvalue weighted by atomic mass is 16.5. The summed E-state index contributed by atoms with van der Waals surface area (Å²) in [4.78, 5) is 11.2. The lowest BCUT2D eigenvalue weighted by Gasteiger charge is -2.24. The number of hydrogen-bond donors (Lipinski definition) is 2. The van der Waals surface area contributed by atoms with Crippen LogP contribution in [-0.4, -0.2) is 25.2 Å². The van der Waals surface area contributed by atoms with Crippen LogP contribution in [0.25, 0.3) is 0 Å². The summed E-state index contributed by atoms with van der Waals surface area (Å²) in [6.45, 7) is 1.30. The molecule has 1 amide bonds. The highest BCUT2D eigenvalue weighted by molar-refractivity contribution is 5.96. The van der Waals surface area contributed by atoms with E-state index < -0.39 is 5.91 Å². The number of amides is 1. The number of carbonyl (C=O) groups is 1. The van der Waals surface area contributed by atoms with E-state index in [4.69, 9.17) is 20.9 Å². The van der Waals surface area contributed by atoms with Crippen molar-refractivity contribution in [2.45, 2.75) is 18.9 Å². The van der Waals surface area contributed by atoms with Gasteiger partial charge in [0.2, 0.25) is 0 Å². The van der Waals surface area contributed by atoms with Crippen LogP contribution in [0.4, 0.5) is 5.69 Å². The molecule has 1 aliphatic heterocycles. The highest BCUT2D eigenvalue weighted by Gasteiger charge is 2.18. The predicted octanol–water partition coefficient (Wildman–Crippen LogP) is 0.925. The Morgan fingerprint density at radius 2 is 2.29 bits per heavy atom. The van der Waals surface area contributed by atoms with Crippen molar-refractivity contribution < 1.29 is 14.3 Å². The maximum absolute atomic E-state index is 11.2. The van der Waals surface area contributed by atoms with E-state index in [1.54, 1.807) is 18.2 Å². The first-order valence-electron chi connectivity index (χ1n) is 5.60. The minimum Gasteiger partial charge on any atom is -0.487 e. The molecule has 1 saturated heterocycles. The van der Waals surface area contributed by atoms with Gasteiger partial charge in [0, 0.05) is 18.4 Å². The predicted molar refractivity (Wildman–Crippen MR) is 63.8 cm³/mol. The molecule has 1 aromatic carbocycles. The molecule has 0 aromatic heterocycles. The maximum atomic E-state index is 11.2. The average molecular weight is 236 g/mol. The molecule has 4 N–H and O–H groups in total. The summed E-state index contributed by atoms with van der Waals surface area (Å²) in [7, 11) is 0. The van der Waals surface area contributed by atoms with Gasteiger partial charge in [0.1, 0.15) is 11.9 Å². The molecular weight excluding hydrogens is 220 g/mol. The minimum absolute atomic E-state index is 0.0383. The molecule has 92 valence electrons. The van der Waals surface area contributed by atoms with Gasteiger partial charge in [0.05, 0.1) is 12.2 Å². The van der Waals surface area contributed by atoms with E-state index in [-0.39, 0.29) is 6.10 Å². The van der Waals surface area contributed by atoms with Crippen molar-refractivity contribution in [1.29, 1.82) is 0 Å². The van der Waals surface area contributed by atoms with Gasteiger partial charge in [-0.15, -0.1) is 0 Å². The van der Waals surface area contributed by atoms with Crippen molar-refractivity contribution >= 4 is 11.6 Å². The Hall–Kier alpha value is -1.75. The monoisotopic (exact) mass is 236 g/mol. The van der Waals surface area contributed by atoms with E-state index in [0.717, 1.165) is 19.4 Å². The van der Waals surface area contributed by atoms with Crippen LogP contribution in [0.5, 0.6) is 5.75 Å². The third-order valence-electron chi connectivity index (χ3n) is 2.68. The maximum Gasteiger partial charge on any atom is 0.252 e. The molecule has 0 aliphatic carbocycles. The molecule has 0 bridgehead atoms. The third-order valence-corrected chi connectivity index (χ3v) is 2.68. The van der Waals surface area contributed by atoms with Gasteiger partial charge in [0.15, 0.2) is 0 Å². The Balaban J connectivity index is 2.17. The quantitative estimate of drug-likeness (QED) is 0.764. The molecular formula is C12H16N2O3. The number of primary amides is 1. The molecule has 1 atom stereocenters. The van der Waals surface area contributed by atoms with Crippen LogP contribution in [0, 0.1) is 0 Å². The van der Waals surface area contributed by atoms with Crippen LogP contribution in [0.2, 0.25) is 0 Å². The lowest BCUT2D eigenvalue weighted by Crippen LogP contribution is -2.29. The Kier molecular flexibility index (Phi) is 3.49. The van der Waals surface area contributed by atoms with Crippen molar-refractivity contribution in [2.24, 2.45) is 5.73 Å². The smallest absolute Gasteiger partial charge is 0.252 e. The zero-order chi connectivity index (χ0) is 12.3. The minimum atomic E-state index is -0.517. The van der Waals surface area contributed by atoms with Crippen LogP contribution in [0.1, 0.15) is 23.2 Å². The number of benzene rings is 1. The van der Waals surface area contributed by atoms with Crippen molar-refractivity contribution in [1.82, 2.24) is 0 Å². The lowest BCUT2D eigenvalue weighted by molar-refractivity contribution is 0.00714. The second-order valence-corrected chi connectivity index (χ2v) is 4.08. The molecule has 17 heavy (non-hydrogen) atoms. The summed E-state index contributed by atoms with van der Waals surface area (Å²) in [5, 5.41) is 0. The van der Waals surface area contributed by atoms with Crippen LogP contribution in [0.15, 0.2) is 18.2 Å². The SMILES string of the molecule is NC(=O)c1ccc(N)cc1OC1CCCOC1. The average Bonchev–Trinajstić information content (AvgIpc) is 2.30. The van der Waals surface area contributed by atoms with Gasteiger partial charge < -0.3 is 20.9 Å². The number of carbonyl (C=O) groups excluding carboxylic acids is 1. The summed E-state index contributed by atoms with van der Waals surface area (Å²) >= 11 is 0. The van der Waals surface area contributed by atoms with Crippen LogP contribution in [0.3, 0.4) is 0 Å². The summed E-state index contributed by atoms with van der Waals surface area (Å²) in [6.07, 6.45) is 1.83. The fraction of sp³-hybridized carbons (Fsp3) is 0.417. The molecule has 1 fully saturated rings. The summed E-state index contributed by atoms with van der Waals surface area (Å²) in [5.74, 6) is -0.0790. The van der Waals surface area contributed by atoms with Gasteiger partial charge in [-0.3, -0.25) is 4.79 Å². The molecule has 0 saturated carbocycles. The second-order valence-electron chi connectivity index (χ2n) is 4.08. The molecule has 0 spiro atoms. The van der Waals surface area contributed by atoms with Gasteiger partial charge in [-0.1, -0.05) is 0 Å². The Morgan fingerprint density at radius 1 is 1.47 bits per heavy atom. The fourth-order valence-corrected chi connectivity index (χ4v) is 1.82. The van der Waals surface area contributed by atoms with Gasteiger partial charge in [0.25, 0.3) is 5.91 Å². The lowest BCUT2D eigenvalue weighted by atomic mass is 10.1. The van der Waals surface area contributed by atoms with E-state index in [0.29, 0.717) is 23.6 Å². The molecule has 1 heterocycles. The van der Waals surface area contributed by atoms with Crippen LogP contribution in [-0.2, 0) is 4.74 Å². The topological polar surface area (TPSA) is 87.6 Å². The van der Waals surface area contributed by atoms with E-state index in [1.807, 2.05) is 0 Å². The van der Waals surface area contributed by atoms with Crippen molar-refractivity contribution in [2.75, 3.05) is 18.9 Å². The number of ether oxygens (including phenoxy) is 2. The Labute approximate surface area is 99.7 Å². The number of hydrogen-bond acceptors (Lipinski definition) is 4. The van der Waals surface area contributed by atoms with Crippen LogP contribution < -0.4 is 16.2 Å². The molecule has 1 unspecified atom stereocenters. The van der Waals surface area contributed by atoms with E-state index in [2.05, 4.69) is 0 Å². The van der Waals surface area contributed by atoms with Crippen molar-refractivity contribution in [3.05, 3.63) is 23.8 Å². The number of nitrogen functional groups attached to an aromatic ring is 1. The first-order valence-corrected chi connectivity index (χ1v) is 5.60. The van der Waals surface area contributed by atoms with Crippen LogP contribution >= 0.6 is 0 Å². The normalized spacial score (nSPS) is 19.9. The van der Waals surface area contributed by atoms with Crippen molar-refractivity contribution in [3.63, 3.8) is 0 Å². The number of rotatable bonds is 3. The van der Waals surface area contributed by atoms with E-state index in [1.165, 1.54) is 0 Å². The second kappa shape index (κ2) is 5.05. The zero-order valence-corrected chi connectivity index (χ0v) is 9.52. The zero-order valence-electron chi connectivity index (χ0n) is 9.52. The van der Waals surface area contributed by atoms with E-state index >= 15 is 0 Å². The third kappa shape index (κ3) is 2.88. The molecule has 1 aliphatic rings. The summed E-state index contributed by atoms with van der Waals surface area (Å²) < 4.78 is 11.0. The fourth-order valence-electron chi connectivity index (χ4n) is 1.82. The summed E-state index contributed by atoms with van der Waals surface area (Å²) in [5.41, 5.74) is 11.8. The first-order chi connectivity index (χ1) is 8.16. The Morgan fingerprint density at radius 3 is 2.94 bits per heavy atom. The van der Waals surface area contributed by atoms with Gasteiger partial charge in [-0.2, -0.15) is 0 Å². The molecule has 0 radical (unpaired) electrons. The molecule has 5 nitrogen and oxygen atoms in total. The van der Waals surface area contributed by atoms with E-state index in [9.17, 15) is 4.79 Å². The molecule has 1 aromatic rings. The Bertz CT molecular complexity index is 414. The summed E-state index contributed by atoms with van der Waals surface area (Å²) in [6, 6.07) is 4.83. The number of nitrogens with two attached hydrogens (primary N) is 2. The number of anilines is 1. The molecule has 2 rings (SSSR count). The highest BCUT2D eigenvalue weighted by Crippen LogP contribution is 2.24. The molecule has 5 heteroatoms. The van der Waals surface area contributed by atoms with Gasteiger partial charge in [-0.25, -0.2) is 0 Å². The largest absolute Gasteiger partial charge is 0.487 e.